The third kappa shape index (κ3) is 2.88. The number of amides is 2. The fourth-order valence-corrected chi connectivity index (χ4v) is 2.98. The molecule has 2 heterocycles. The van der Waals surface area contributed by atoms with Crippen LogP contribution in [0.15, 0.2) is 22.8 Å². The molecule has 1 saturated heterocycles. The first kappa shape index (κ1) is 15.1. The van der Waals surface area contributed by atoms with Crippen LogP contribution in [0.3, 0.4) is 0 Å². The molecule has 22 heavy (non-hydrogen) atoms. The topological polar surface area (TPSA) is 65.8 Å². The highest BCUT2D eigenvalue weighted by atomic mass is 16.3. The quantitative estimate of drug-likeness (QED) is 0.819. The number of rotatable bonds is 5. The van der Waals surface area contributed by atoms with E-state index >= 15 is 0 Å². The highest BCUT2D eigenvalue weighted by molar-refractivity contribution is 6.07. The molecule has 1 aliphatic carbocycles. The van der Waals surface area contributed by atoms with E-state index in [4.69, 9.17) is 4.42 Å². The number of nitrogens with one attached hydrogen (secondary N) is 1. The lowest BCUT2D eigenvalue weighted by Gasteiger charge is -2.35. The Morgan fingerprint density at radius 2 is 2.00 bits per heavy atom. The normalized spacial score (nSPS) is 20.7. The molecule has 2 amide bonds. The Balaban J connectivity index is 1.56. The highest BCUT2D eigenvalue weighted by Gasteiger charge is 2.58. The van der Waals surface area contributed by atoms with Crippen molar-refractivity contribution in [3.63, 3.8) is 0 Å². The number of likely N-dealkylation sites (N-methyl/N-ethyl adjacent to an activating group) is 1. The first-order valence-corrected chi connectivity index (χ1v) is 7.98. The minimum absolute atomic E-state index is 0.000183. The number of carbonyl (C=O) groups excluding carboxylic acids is 2. The standard InChI is InChI=1S/C16H23N3O3/c1-2-18-7-9-19(10-8-18)15(21)16(5-6-16)14(20)17-12-13-4-3-11-22-13/h3-4,11H,2,5-10,12H2,1H3,(H,17,20). The van der Waals surface area contributed by atoms with Crippen molar-refractivity contribution in [1.29, 1.82) is 0 Å². The summed E-state index contributed by atoms with van der Waals surface area (Å²) in [6, 6.07) is 3.60. The Hall–Kier alpha value is -1.82. The predicted molar refractivity (Wildman–Crippen MR) is 80.9 cm³/mol. The van der Waals surface area contributed by atoms with Crippen LogP contribution >= 0.6 is 0 Å². The number of furan rings is 1. The molecule has 0 spiro atoms. The summed E-state index contributed by atoms with van der Waals surface area (Å²) in [6.45, 7) is 6.71. The van der Waals surface area contributed by atoms with Crippen LogP contribution < -0.4 is 5.32 Å². The fraction of sp³-hybridized carbons (Fsp3) is 0.625. The summed E-state index contributed by atoms with van der Waals surface area (Å²) in [6.07, 6.45) is 2.89. The molecule has 0 unspecified atom stereocenters. The molecule has 6 nitrogen and oxygen atoms in total. The van der Waals surface area contributed by atoms with Gasteiger partial charge in [-0.1, -0.05) is 6.92 Å². The zero-order valence-corrected chi connectivity index (χ0v) is 13.0. The molecule has 2 aliphatic rings. The molecule has 1 N–H and O–H groups in total. The maximum Gasteiger partial charge on any atom is 0.238 e. The molecule has 1 aliphatic heterocycles. The largest absolute Gasteiger partial charge is 0.467 e. The fourth-order valence-electron chi connectivity index (χ4n) is 2.98. The van der Waals surface area contributed by atoms with E-state index in [1.165, 1.54) is 0 Å². The van der Waals surface area contributed by atoms with Gasteiger partial charge in [0.2, 0.25) is 11.8 Å². The monoisotopic (exact) mass is 305 g/mol. The van der Waals surface area contributed by atoms with Crippen molar-refractivity contribution in [2.75, 3.05) is 32.7 Å². The summed E-state index contributed by atoms with van der Waals surface area (Å²) in [4.78, 5) is 29.3. The summed E-state index contributed by atoms with van der Waals surface area (Å²) in [5.74, 6) is 0.542. The second-order valence-electron chi connectivity index (χ2n) is 6.07. The SMILES string of the molecule is CCN1CCN(C(=O)C2(C(=O)NCc3ccco3)CC2)CC1. The van der Waals surface area contributed by atoms with Crippen LogP contribution in [0.5, 0.6) is 0 Å². The van der Waals surface area contributed by atoms with Gasteiger partial charge in [0.05, 0.1) is 12.8 Å². The van der Waals surface area contributed by atoms with Gasteiger partial charge in [0.15, 0.2) is 0 Å². The molecule has 120 valence electrons. The molecule has 0 atom stereocenters. The molecular weight excluding hydrogens is 282 g/mol. The van der Waals surface area contributed by atoms with E-state index in [1.54, 1.807) is 12.3 Å². The zero-order chi connectivity index (χ0) is 15.6. The van der Waals surface area contributed by atoms with Crippen molar-refractivity contribution in [2.24, 2.45) is 5.41 Å². The van der Waals surface area contributed by atoms with E-state index in [0.29, 0.717) is 25.1 Å². The van der Waals surface area contributed by atoms with E-state index in [-0.39, 0.29) is 11.8 Å². The van der Waals surface area contributed by atoms with Crippen LogP contribution in [0, 0.1) is 5.41 Å². The van der Waals surface area contributed by atoms with E-state index < -0.39 is 5.41 Å². The molecule has 3 rings (SSSR count). The van der Waals surface area contributed by atoms with Crippen molar-refractivity contribution in [2.45, 2.75) is 26.3 Å². The van der Waals surface area contributed by atoms with Gasteiger partial charge in [-0.2, -0.15) is 0 Å². The van der Waals surface area contributed by atoms with Gasteiger partial charge in [-0.05, 0) is 31.5 Å². The molecule has 0 aromatic carbocycles. The number of piperazine rings is 1. The van der Waals surface area contributed by atoms with Crippen molar-refractivity contribution in [3.8, 4) is 0 Å². The number of nitrogens with zero attached hydrogens (tertiary/aromatic N) is 2. The lowest BCUT2D eigenvalue weighted by Crippen LogP contribution is -2.53. The van der Waals surface area contributed by atoms with Crippen molar-refractivity contribution >= 4 is 11.8 Å². The zero-order valence-electron chi connectivity index (χ0n) is 13.0. The molecule has 0 bridgehead atoms. The summed E-state index contributed by atoms with van der Waals surface area (Å²) < 4.78 is 5.20. The summed E-state index contributed by atoms with van der Waals surface area (Å²) >= 11 is 0. The number of carbonyl (C=O) groups is 2. The van der Waals surface area contributed by atoms with Crippen LogP contribution in [0.2, 0.25) is 0 Å². The third-order valence-electron chi connectivity index (χ3n) is 4.70. The van der Waals surface area contributed by atoms with E-state index in [2.05, 4.69) is 17.1 Å². The summed E-state index contributed by atoms with van der Waals surface area (Å²) in [7, 11) is 0. The Morgan fingerprint density at radius 1 is 1.27 bits per heavy atom. The third-order valence-corrected chi connectivity index (χ3v) is 4.70. The lowest BCUT2D eigenvalue weighted by molar-refractivity contribution is -0.145. The highest BCUT2D eigenvalue weighted by Crippen LogP contribution is 2.47. The maximum absolute atomic E-state index is 12.7. The predicted octanol–water partition coefficient (Wildman–Crippen LogP) is 0.840. The van der Waals surface area contributed by atoms with Crippen LogP contribution in [0.25, 0.3) is 0 Å². The summed E-state index contributed by atoms with van der Waals surface area (Å²) in [5, 5.41) is 2.84. The van der Waals surface area contributed by atoms with Crippen LogP contribution in [0.1, 0.15) is 25.5 Å². The molecule has 2 fully saturated rings. The van der Waals surface area contributed by atoms with Gasteiger partial charge in [-0.3, -0.25) is 9.59 Å². The minimum Gasteiger partial charge on any atom is -0.467 e. The van der Waals surface area contributed by atoms with Crippen LogP contribution in [-0.2, 0) is 16.1 Å². The Labute approximate surface area is 130 Å². The Kier molecular flexibility index (Phi) is 4.20. The molecule has 1 saturated carbocycles. The van der Waals surface area contributed by atoms with Crippen molar-refractivity contribution in [3.05, 3.63) is 24.2 Å². The number of hydrogen-bond donors (Lipinski definition) is 1. The molecule has 1 aromatic rings. The van der Waals surface area contributed by atoms with Gasteiger partial charge in [-0.15, -0.1) is 0 Å². The summed E-state index contributed by atoms with van der Waals surface area (Å²) in [5.41, 5.74) is -0.818. The lowest BCUT2D eigenvalue weighted by atomic mass is 10.0. The molecular formula is C16H23N3O3. The first-order valence-electron chi connectivity index (χ1n) is 7.98. The van der Waals surface area contributed by atoms with Gasteiger partial charge in [0, 0.05) is 26.2 Å². The second-order valence-corrected chi connectivity index (χ2v) is 6.07. The van der Waals surface area contributed by atoms with Crippen molar-refractivity contribution in [1.82, 2.24) is 15.1 Å². The van der Waals surface area contributed by atoms with Gasteiger partial charge < -0.3 is 19.5 Å². The smallest absolute Gasteiger partial charge is 0.238 e. The second kappa shape index (κ2) is 6.12. The van der Waals surface area contributed by atoms with Gasteiger partial charge in [0.25, 0.3) is 0 Å². The number of hydrogen-bond acceptors (Lipinski definition) is 4. The van der Waals surface area contributed by atoms with Gasteiger partial charge in [0.1, 0.15) is 11.2 Å². The average molecular weight is 305 g/mol. The molecule has 6 heteroatoms. The van der Waals surface area contributed by atoms with Crippen molar-refractivity contribution < 1.29 is 14.0 Å². The van der Waals surface area contributed by atoms with Crippen LogP contribution in [-0.4, -0.2) is 54.3 Å². The minimum atomic E-state index is -0.818. The van der Waals surface area contributed by atoms with E-state index in [0.717, 1.165) is 32.7 Å². The maximum atomic E-state index is 12.7. The average Bonchev–Trinajstić information content (AvgIpc) is 3.21. The van der Waals surface area contributed by atoms with Crippen LogP contribution in [0.4, 0.5) is 0 Å². The van der Waals surface area contributed by atoms with Gasteiger partial charge >= 0.3 is 0 Å². The van der Waals surface area contributed by atoms with E-state index in [9.17, 15) is 9.59 Å². The Bertz CT molecular complexity index is 529. The first-order chi connectivity index (χ1) is 10.7. The van der Waals surface area contributed by atoms with E-state index in [1.807, 2.05) is 11.0 Å². The molecule has 0 radical (unpaired) electrons. The Morgan fingerprint density at radius 3 is 2.55 bits per heavy atom. The molecule has 1 aromatic heterocycles. The van der Waals surface area contributed by atoms with Gasteiger partial charge in [-0.25, -0.2) is 0 Å².